The van der Waals surface area contributed by atoms with Gasteiger partial charge in [0.2, 0.25) is 0 Å². The minimum Gasteiger partial charge on any atom is -0.402 e. The maximum Gasteiger partial charge on any atom is 0.118 e. The van der Waals surface area contributed by atoms with Crippen molar-refractivity contribution >= 4 is 11.6 Å². The lowest BCUT2D eigenvalue weighted by atomic mass is 9.92. The molecule has 0 amide bonds. The summed E-state index contributed by atoms with van der Waals surface area (Å²) in [5.74, 6) is 0. The molecule has 0 aromatic carbocycles. The minimum absolute atomic E-state index is 0.0438. The van der Waals surface area contributed by atoms with Crippen LogP contribution in [0, 0.1) is 11.3 Å². The molecule has 70 valence electrons. The third kappa shape index (κ3) is 2.16. The van der Waals surface area contributed by atoms with Gasteiger partial charge in [-0.25, -0.2) is 0 Å². The van der Waals surface area contributed by atoms with E-state index < -0.39 is 0 Å². The van der Waals surface area contributed by atoms with Crippen LogP contribution in [-0.2, 0) is 0 Å². The summed E-state index contributed by atoms with van der Waals surface area (Å²) in [6.07, 6.45) is 3.77. The maximum absolute atomic E-state index is 8.80. The molecule has 3 nitrogen and oxygen atoms in total. The topological polar surface area (TPSA) is 75.8 Å². The van der Waals surface area contributed by atoms with Crippen molar-refractivity contribution in [3.05, 3.63) is 22.0 Å². The summed E-state index contributed by atoms with van der Waals surface area (Å²) in [7, 11) is 0. The van der Waals surface area contributed by atoms with Gasteiger partial charge in [0, 0.05) is 5.70 Å². The van der Waals surface area contributed by atoms with Crippen LogP contribution in [0.25, 0.3) is 0 Å². The molecular formula is C9H12ClN3. The average Bonchev–Trinajstić information content (AvgIpc) is 2.09. The molecule has 13 heavy (non-hydrogen) atoms. The third-order valence-electron chi connectivity index (χ3n) is 2.16. The lowest BCUT2D eigenvalue weighted by molar-refractivity contribution is 0.673. The standard InChI is InChI=1S/C9H12ClN3/c10-9(13)7(5-11)6-3-1-2-4-8(6)12/h1-4,12-13H2/b9-7-. The van der Waals surface area contributed by atoms with Gasteiger partial charge in [0.25, 0.3) is 0 Å². The van der Waals surface area contributed by atoms with Crippen LogP contribution in [0.2, 0.25) is 0 Å². The molecule has 0 aliphatic heterocycles. The smallest absolute Gasteiger partial charge is 0.118 e. The quantitative estimate of drug-likeness (QED) is 0.496. The van der Waals surface area contributed by atoms with Crippen LogP contribution in [0.3, 0.4) is 0 Å². The van der Waals surface area contributed by atoms with E-state index in [9.17, 15) is 0 Å². The van der Waals surface area contributed by atoms with Gasteiger partial charge < -0.3 is 11.5 Å². The van der Waals surface area contributed by atoms with Crippen LogP contribution in [0.15, 0.2) is 22.0 Å². The van der Waals surface area contributed by atoms with Gasteiger partial charge in [0.05, 0.1) is 5.57 Å². The van der Waals surface area contributed by atoms with Crippen molar-refractivity contribution in [1.82, 2.24) is 0 Å². The molecule has 0 aromatic heterocycles. The number of hydrogen-bond acceptors (Lipinski definition) is 3. The summed E-state index contributed by atoms with van der Waals surface area (Å²) in [6, 6.07) is 1.99. The Balaban J connectivity index is 3.06. The molecule has 0 radical (unpaired) electrons. The number of rotatable bonds is 1. The van der Waals surface area contributed by atoms with E-state index in [0.717, 1.165) is 37.0 Å². The molecule has 0 heterocycles. The first-order chi connectivity index (χ1) is 6.16. The lowest BCUT2D eigenvalue weighted by Gasteiger charge is -2.16. The Morgan fingerprint density at radius 3 is 2.46 bits per heavy atom. The Morgan fingerprint density at radius 1 is 1.38 bits per heavy atom. The first-order valence-corrected chi connectivity index (χ1v) is 4.58. The zero-order chi connectivity index (χ0) is 9.84. The predicted octanol–water partition coefficient (Wildman–Crippen LogP) is 1.71. The Morgan fingerprint density at radius 2 is 2.00 bits per heavy atom. The van der Waals surface area contributed by atoms with E-state index in [2.05, 4.69) is 0 Å². The average molecular weight is 198 g/mol. The van der Waals surface area contributed by atoms with E-state index in [1.165, 1.54) is 0 Å². The second kappa shape index (κ2) is 4.20. The van der Waals surface area contributed by atoms with E-state index in [0.29, 0.717) is 5.57 Å². The van der Waals surface area contributed by atoms with Crippen molar-refractivity contribution in [1.29, 1.82) is 5.26 Å². The number of hydrogen-bond donors (Lipinski definition) is 2. The summed E-state index contributed by atoms with van der Waals surface area (Å²) in [5.41, 5.74) is 13.1. The van der Waals surface area contributed by atoms with Gasteiger partial charge in [0.15, 0.2) is 0 Å². The van der Waals surface area contributed by atoms with Crippen molar-refractivity contribution in [2.75, 3.05) is 0 Å². The SMILES string of the molecule is N#C/C(C1=C(N)CCCC1)=C(/N)Cl. The zero-order valence-electron chi connectivity index (χ0n) is 7.31. The molecule has 0 atom stereocenters. The van der Waals surface area contributed by atoms with Gasteiger partial charge in [-0.15, -0.1) is 0 Å². The highest BCUT2D eigenvalue weighted by atomic mass is 35.5. The second-order valence-corrected chi connectivity index (χ2v) is 3.45. The normalized spacial score (nSPS) is 19.4. The van der Waals surface area contributed by atoms with Crippen molar-refractivity contribution in [2.45, 2.75) is 25.7 Å². The number of allylic oxidation sites excluding steroid dienone is 3. The fraction of sp³-hybridized carbons (Fsp3) is 0.444. The molecular weight excluding hydrogens is 186 g/mol. The minimum atomic E-state index is 0.0438. The van der Waals surface area contributed by atoms with E-state index in [4.69, 9.17) is 28.3 Å². The van der Waals surface area contributed by atoms with Crippen LogP contribution in [0.1, 0.15) is 25.7 Å². The van der Waals surface area contributed by atoms with Crippen LogP contribution in [0.4, 0.5) is 0 Å². The van der Waals surface area contributed by atoms with E-state index >= 15 is 0 Å². The fourth-order valence-electron chi connectivity index (χ4n) is 1.48. The molecule has 0 aromatic rings. The van der Waals surface area contributed by atoms with Gasteiger partial charge in [-0.3, -0.25) is 0 Å². The molecule has 0 unspecified atom stereocenters. The summed E-state index contributed by atoms with van der Waals surface area (Å²) in [5, 5.41) is 8.85. The maximum atomic E-state index is 8.80. The van der Waals surface area contributed by atoms with Crippen LogP contribution in [0.5, 0.6) is 0 Å². The van der Waals surface area contributed by atoms with Gasteiger partial charge in [0.1, 0.15) is 11.2 Å². The molecule has 0 bridgehead atoms. The summed E-state index contributed by atoms with van der Waals surface area (Å²) in [6.45, 7) is 0. The molecule has 1 rings (SSSR count). The zero-order valence-corrected chi connectivity index (χ0v) is 8.06. The molecule has 4 N–H and O–H groups in total. The Labute approximate surface area is 82.6 Å². The van der Waals surface area contributed by atoms with Crippen molar-refractivity contribution in [3.8, 4) is 6.07 Å². The second-order valence-electron chi connectivity index (χ2n) is 3.05. The monoisotopic (exact) mass is 197 g/mol. The molecule has 1 aliphatic carbocycles. The van der Waals surface area contributed by atoms with Gasteiger partial charge in [-0.05, 0) is 31.3 Å². The Kier molecular flexibility index (Phi) is 3.21. The highest BCUT2D eigenvalue weighted by molar-refractivity contribution is 6.29. The molecule has 0 saturated carbocycles. The number of halogens is 1. The third-order valence-corrected chi connectivity index (χ3v) is 2.35. The summed E-state index contributed by atoms with van der Waals surface area (Å²) >= 11 is 5.59. The number of nitrogens with two attached hydrogens (primary N) is 2. The van der Waals surface area contributed by atoms with Crippen molar-refractivity contribution < 1.29 is 0 Å². The van der Waals surface area contributed by atoms with E-state index in [-0.39, 0.29) is 5.16 Å². The Hall–Kier alpha value is -1.14. The van der Waals surface area contributed by atoms with Crippen LogP contribution < -0.4 is 11.5 Å². The van der Waals surface area contributed by atoms with E-state index in [1.54, 1.807) is 0 Å². The molecule has 0 saturated heterocycles. The lowest BCUT2D eigenvalue weighted by Crippen LogP contribution is -2.11. The highest BCUT2D eigenvalue weighted by Crippen LogP contribution is 2.28. The first-order valence-electron chi connectivity index (χ1n) is 4.20. The summed E-state index contributed by atoms with van der Waals surface area (Å²) < 4.78 is 0. The Bertz CT molecular complexity index is 305. The van der Waals surface area contributed by atoms with E-state index in [1.807, 2.05) is 6.07 Å². The molecule has 1 aliphatic rings. The van der Waals surface area contributed by atoms with Crippen molar-refractivity contribution in [2.24, 2.45) is 11.5 Å². The number of nitrogens with zero attached hydrogens (tertiary/aromatic N) is 1. The fourth-order valence-corrected chi connectivity index (χ4v) is 1.64. The highest BCUT2D eigenvalue weighted by Gasteiger charge is 2.15. The molecule has 4 heteroatoms. The van der Waals surface area contributed by atoms with Crippen LogP contribution >= 0.6 is 11.6 Å². The first kappa shape index (κ1) is 9.94. The largest absolute Gasteiger partial charge is 0.402 e. The predicted molar refractivity (Wildman–Crippen MR) is 52.4 cm³/mol. The van der Waals surface area contributed by atoms with Gasteiger partial charge in [-0.2, -0.15) is 5.26 Å². The van der Waals surface area contributed by atoms with Gasteiger partial charge in [-0.1, -0.05) is 11.6 Å². The number of nitriles is 1. The summed E-state index contributed by atoms with van der Waals surface area (Å²) in [4.78, 5) is 0. The van der Waals surface area contributed by atoms with Gasteiger partial charge >= 0.3 is 0 Å². The molecule has 0 fully saturated rings. The molecule has 0 spiro atoms. The van der Waals surface area contributed by atoms with Crippen molar-refractivity contribution in [3.63, 3.8) is 0 Å². The van der Waals surface area contributed by atoms with Crippen LogP contribution in [-0.4, -0.2) is 0 Å².